The van der Waals surface area contributed by atoms with Gasteiger partial charge in [0.15, 0.2) is 0 Å². The van der Waals surface area contributed by atoms with Crippen LogP contribution in [0, 0.1) is 12.7 Å². The van der Waals surface area contributed by atoms with Crippen LogP contribution in [0.5, 0.6) is 0 Å². The molecule has 0 atom stereocenters. The summed E-state index contributed by atoms with van der Waals surface area (Å²) in [6.45, 7) is 1.71. The van der Waals surface area contributed by atoms with E-state index in [-0.39, 0.29) is 15.4 Å². The zero-order valence-electron chi connectivity index (χ0n) is 7.27. The maximum absolute atomic E-state index is 13.3. The molecule has 0 amide bonds. The first kappa shape index (κ1) is 9.33. The fourth-order valence-electron chi connectivity index (χ4n) is 1.34. The summed E-state index contributed by atoms with van der Waals surface area (Å²) < 4.78 is 13.4. The molecule has 0 spiro atoms. The van der Waals surface area contributed by atoms with Gasteiger partial charge in [0.1, 0.15) is 5.82 Å². The summed E-state index contributed by atoms with van der Waals surface area (Å²) in [4.78, 5) is 17.8. The number of hydrogen-bond acceptors (Lipinski definition) is 2. The molecule has 3 nitrogen and oxygen atoms in total. The molecular weight excluding hydrogens is 251 g/mol. The van der Waals surface area contributed by atoms with Crippen molar-refractivity contribution < 1.29 is 4.39 Å². The number of aryl methyl sites for hydroxylation is 1. The minimum absolute atomic E-state index is 0.160. The maximum Gasteiger partial charge on any atom is 0.259 e. The van der Waals surface area contributed by atoms with E-state index in [1.807, 2.05) is 0 Å². The monoisotopic (exact) mass is 256 g/mol. The smallest absolute Gasteiger partial charge is 0.259 e. The van der Waals surface area contributed by atoms with Gasteiger partial charge >= 0.3 is 0 Å². The molecule has 1 aromatic carbocycles. The van der Waals surface area contributed by atoms with Crippen LogP contribution < -0.4 is 5.56 Å². The van der Waals surface area contributed by atoms with Gasteiger partial charge in [-0.1, -0.05) is 0 Å². The van der Waals surface area contributed by atoms with Crippen LogP contribution >= 0.6 is 15.9 Å². The molecule has 1 aromatic heterocycles. The Morgan fingerprint density at radius 2 is 2.29 bits per heavy atom. The van der Waals surface area contributed by atoms with E-state index in [0.29, 0.717) is 11.1 Å². The van der Waals surface area contributed by atoms with Crippen molar-refractivity contribution >= 4 is 26.8 Å². The van der Waals surface area contributed by atoms with Crippen LogP contribution in [0.25, 0.3) is 10.9 Å². The van der Waals surface area contributed by atoms with Crippen LogP contribution in [0.15, 0.2) is 21.7 Å². The Hall–Kier alpha value is -1.23. The van der Waals surface area contributed by atoms with Gasteiger partial charge in [0.05, 0.1) is 21.7 Å². The van der Waals surface area contributed by atoms with Crippen molar-refractivity contribution in [1.29, 1.82) is 0 Å². The number of hydrogen-bond donors (Lipinski definition) is 1. The van der Waals surface area contributed by atoms with Gasteiger partial charge in [0.2, 0.25) is 0 Å². The number of halogens is 2. The third-order valence-electron chi connectivity index (χ3n) is 2.00. The average Bonchev–Trinajstić information content (AvgIpc) is 2.14. The lowest BCUT2D eigenvalue weighted by molar-refractivity contribution is 0.622. The van der Waals surface area contributed by atoms with Crippen LogP contribution in [0.2, 0.25) is 0 Å². The Kier molecular flexibility index (Phi) is 2.11. The quantitative estimate of drug-likeness (QED) is 0.785. The lowest BCUT2D eigenvalue weighted by atomic mass is 10.1. The molecular formula is C9H6BrFN2O. The molecule has 5 heteroatoms. The highest BCUT2D eigenvalue weighted by Crippen LogP contribution is 2.25. The summed E-state index contributed by atoms with van der Waals surface area (Å²) >= 11 is 3.03. The normalized spacial score (nSPS) is 10.8. The minimum atomic E-state index is -0.450. The molecule has 0 unspecified atom stereocenters. The average molecular weight is 257 g/mol. The first-order valence-electron chi connectivity index (χ1n) is 3.93. The van der Waals surface area contributed by atoms with Crippen molar-refractivity contribution in [3.8, 4) is 0 Å². The Morgan fingerprint density at radius 1 is 1.57 bits per heavy atom. The van der Waals surface area contributed by atoms with Crippen LogP contribution in [0.4, 0.5) is 4.39 Å². The largest absolute Gasteiger partial charge is 0.313 e. The van der Waals surface area contributed by atoms with E-state index in [1.165, 1.54) is 12.4 Å². The Labute approximate surface area is 87.1 Å². The third-order valence-corrected chi connectivity index (χ3v) is 2.77. The number of benzene rings is 1. The summed E-state index contributed by atoms with van der Waals surface area (Å²) in [5.41, 5.74) is 0.818. The predicted molar refractivity (Wildman–Crippen MR) is 54.8 cm³/mol. The molecule has 0 fully saturated rings. The van der Waals surface area contributed by atoms with E-state index < -0.39 is 5.82 Å². The summed E-state index contributed by atoms with van der Waals surface area (Å²) in [6.07, 6.45) is 1.31. The second-order valence-corrected chi connectivity index (χ2v) is 3.74. The SMILES string of the molecule is Cc1cc(F)c(Br)c2c(=O)[nH]cnc12. The van der Waals surface area contributed by atoms with Crippen molar-refractivity contribution in [3.05, 3.63) is 38.6 Å². The molecule has 0 saturated heterocycles. The number of aromatic nitrogens is 2. The molecule has 0 aliphatic heterocycles. The first-order chi connectivity index (χ1) is 6.61. The van der Waals surface area contributed by atoms with Gasteiger partial charge < -0.3 is 4.98 Å². The van der Waals surface area contributed by atoms with Crippen LogP contribution in [-0.2, 0) is 0 Å². The highest BCUT2D eigenvalue weighted by molar-refractivity contribution is 9.10. The van der Waals surface area contributed by atoms with Crippen LogP contribution in [-0.4, -0.2) is 9.97 Å². The van der Waals surface area contributed by atoms with Gasteiger partial charge in [-0.15, -0.1) is 0 Å². The minimum Gasteiger partial charge on any atom is -0.313 e. The number of rotatable bonds is 0. The van der Waals surface area contributed by atoms with Gasteiger partial charge in [-0.25, -0.2) is 9.37 Å². The Balaban J connectivity index is 3.11. The lowest BCUT2D eigenvalue weighted by Gasteiger charge is -2.02. The maximum atomic E-state index is 13.3. The van der Waals surface area contributed by atoms with E-state index in [2.05, 4.69) is 25.9 Å². The zero-order valence-corrected chi connectivity index (χ0v) is 8.85. The fraction of sp³-hybridized carbons (Fsp3) is 0.111. The molecule has 1 heterocycles. The molecule has 2 aromatic rings. The van der Waals surface area contributed by atoms with Crippen molar-refractivity contribution in [1.82, 2.24) is 9.97 Å². The fourth-order valence-corrected chi connectivity index (χ4v) is 1.83. The van der Waals surface area contributed by atoms with E-state index in [0.717, 1.165) is 0 Å². The van der Waals surface area contributed by atoms with Gasteiger partial charge in [0.25, 0.3) is 5.56 Å². The molecule has 2 rings (SSSR count). The Bertz CT molecular complexity index is 564. The predicted octanol–water partition coefficient (Wildman–Crippen LogP) is 2.13. The van der Waals surface area contributed by atoms with Gasteiger partial charge in [-0.3, -0.25) is 4.79 Å². The molecule has 14 heavy (non-hydrogen) atoms. The van der Waals surface area contributed by atoms with Gasteiger partial charge in [-0.05, 0) is 34.5 Å². The van der Waals surface area contributed by atoms with Crippen molar-refractivity contribution in [2.45, 2.75) is 6.92 Å². The van der Waals surface area contributed by atoms with E-state index >= 15 is 0 Å². The van der Waals surface area contributed by atoms with Crippen molar-refractivity contribution in [2.24, 2.45) is 0 Å². The number of fused-ring (bicyclic) bond motifs is 1. The lowest BCUT2D eigenvalue weighted by Crippen LogP contribution is -2.08. The molecule has 0 radical (unpaired) electrons. The Morgan fingerprint density at radius 3 is 3.00 bits per heavy atom. The summed E-state index contributed by atoms with van der Waals surface area (Å²) in [5.74, 6) is -0.450. The van der Waals surface area contributed by atoms with Crippen molar-refractivity contribution in [3.63, 3.8) is 0 Å². The van der Waals surface area contributed by atoms with Gasteiger partial charge in [0, 0.05) is 0 Å². The number of aromatic amines is 1. The zero-order chi connectivity index (χ0) is 10.3. The van der Waals surface area contributed by atoms with Crippen LogP contribution in [0.3, 0.4) is 0 Å². The third kappa shape index (κ3) is 1.24. The van der Waals surface area contributed by atoms with Crippen LogP contribution in [0.1, 0.15) is 5.56 Å². The van der Waals surface area contributed by atoms with E-state index in [1.54, 1.807) is 6.92 Å². The highest BCUT2D eigenvalue weighted by Gasteiger charge is 2.11. The second-order valence-electron chi connectivity index (χ2n) is 2.94. The molecule has 72 valence electrons. The number of nitrogens with one attached hydrogen (secondary N) is 1. The molecule has 0 aliphatic carbocycles. The first-order valence-corrected chi connectivity index (χ1v) is 4.72. The summed E-state index contributed by atoms with van der Waals surface area (Å²) in [7, 11) is 0. The van der Waals surface area contributed by atoms with E-state index in [9.17, 15) is 9.18 Å². The molecule has 0 aliphatic rings. The number of H-pyrrole nitrogens is 1. The van der Waals surface area contributed by atoms with Gasteiger partial charge in [-0.2, -0.15) is 0 Å². The van der Waals surface area contributed by atoms with E-state index in [4.69, 9.17) is 0 Å². The number of nitrogens with zero attached hydrogens (tertiary/aromatic N) is 1. The molecule has 0 bridgehead atoms. The summed E-state index contributed by atoms with van der Waals surface area (Å²) in [5, 5.41) is 0.255. The topological polar surface area (TPSA) is 45.8 Å². The van der Waals surface area contributed by atoms with Crippen molar-refractivity contribution in [2.75, 3.05) is 0 Å². The summed E-state index contributed by atoms with van der Waals surface area (Å²) in [6, 6.07) is 1.35. The second kappa shape index (κ2) is 3.16. The molecule has 1 N–H and O–H groups in total. The highest BCUT2D eigenvalue weighted by atomic mass is 79.9. The standard InChI is InChI=1S/C9H6BrFN2O/c1-4-2-5(11)7(10)6-8(4)12-3-13-9(6)14/h2-3H,1H3,(H,12,13,14). The molecule has 0 saturated carbocycles.